The van der Waals surface area contributed by atoms with Crippen molar-refractivity contribution in [2.75, 3.05) is 32.6 Å². The Morgan fingerprint density at radius 3 is 2.81 bits per heavy atom. The van der Waals surface area contributed by atoms with E-state index in [4.69, 9.17) is 16.3 Å². The number of amides is 1. The average Bonchev–Trinajstić information content (AvgIpc) is 2.95. The molecule has 0 saturated heterocycles. The summed E-state index contributed by atoms with van der Waals surface area (Å²) in [6, 6.07) is 7.01. The summed E-state index contributed by atoms with van der Waals surface area (Å²) < 4.78 is 5.60. The number of nitrogens with one attached hydrogen (secondary N) is 1. The van der Waals surface area contributed by atoms with E-state index in [1.54, 1.807) is 29.6 Å². The fourth-order valence-electron chi connectivity index (χ4n) is 1.63. The van der Waals surface area contributed by atoms with Gasteiger partial charge >= 0.3 is 0 Å². The molecule has 0 atom stereocenters. The van der Waals surface area contributed by atoms with Gasteiger partial charge in [-0.25, -0.2) is 0 Å². The van der Waals surface area contributed by atoms with Crippen molar-refractivity contribution < 1.29 is 9.53 Å². The van der Waals surface area contributed by atoms with Gasteiger partial charge in [-0.15, -0.1) is 0 Å². The van der Waals surface area contributed by atoms with E-state index in [-0.39, 0.29) is 5.91 Å². The topological polar surface area (TPSA) is 41.6 Å². The first-order chi connectivity index (χ1) is 10.1. The van der Waals surface area contributed by atoms with Gasteiger partial charge in [0.25, 0.3) is 5.91 Å². The first kappa shape index (κ1) is 15.8. The molecular weight excluding hydrogens is 308 g/mol. The first-order valence-electron chi connectivity index (χ1n) is 6.47. The molecule has 0 radical (unpaired) electrons. The minimum atomic E-state index is -0.145. The lowest BCUT2D eigenvalue weighted by Crippen LogP contribution is -2.19. The van der Waals surface area contributed by atoms with Gasteiger partial charge in [0.15, 0.2) is 0 Å². The number of rotatable bonds is 6. The lowest BCUT2D eigenvalue weighted by atomic mass is 10.2. The van der Waals surface area contributed by atoms with Gasteiger partial charge in [0.1, 0.15) is 12.4 Å². The molecule has 1 heterocycles. The van der Waals surface area contributed by atoms with Crippen molar-refractivity contribution in [1.82, 2.24) is 4.90 Å². The predicted molar refractivity (Wildman–Crippen MR) is 87.8 cm³/mol. The molecule has 1 N–H and O–H groups in total. The van der Waals surface area contributed by atoms with E-state index < -0.39 is 0 Å². The minimum Gasteiger partial charge on any atom is -0.491 e. The molecule has 0 fully saturated rings. The quantitative estimate of drug-likeness (QED) is 0.882. The Morgan fingerprint density at radius 2 is 2.19 bits per heavy atom. The normalized spacial score (nSPS) is 10.7. The smallest absolute Gasteiger partial charge is 0.256 e. The van der Waals surface area contributed by atoms with Crippen LogP contribution in [-0.4, -0.2) is 38.1 Å². The molecule has 1 aromatic heterocycles. The number of halogens is 1. The van der Waals surface area contributed by atoms with Crippen LogP contribution in [0.1, 0.15) is 10.4 Å². The van der Waals surface area contributed by atoms with E-state index in [9.17, 15) is 4.79 Å². The molecule has 0 aliphatic carbocycles. The molecule has 1 amide bonds. The standard InChI is InChI=1S/C15H17ClN2O2S/c1-18(2)6-7-20-14-4-3-12(9-13(14)16)17-15(19)11-5-8-21-10-11/h3-5,8-10H,6-7H2,1-2H3,(H,17,19). The van der Waals surface area contributed by atoms with Gasteiger partial charge in [-0.2, -0.15) is 11.3 Å². The van der Waals surface area contributed by atoms with Crippen molar-refractivity contribution in [2.45, 2.75) is 0 Å². The maximum absolute atomic E-state index is 11.9. The zero-order valence-corrected chi connectivity index (χ0v) is 13.5. The minimum absolute atomic E-state index is 0.145. The molecule has 0 unspecified atom stereocenters. The second-order valence-electron chi connectivity index (χ2n) is 4.76. The number of likely N-dealkylation sites (N-methyl/N-ethyl adjacent to an activating group) is 1. The van der Waals surface area contributed by atoms with Crippen molar-refractivity contribution in [3.8, 4) is 5.75 Å². The van der Waals surface area contributed by atoms with Crippen molar-refractivity contribution in [1.29, 1.82) is 0 Å². The second kappa shape index (κ2) is 7.45. The van der Waals surface area contributed by atoms with Gasteiger partial charge in [-0.05, 0) is 43.7 Å². The van der Waals surface area contributed by atoms with E-state index in [1.807, 2.05) is 24.4 Å². The third-order valence-corrected chi connectivity index (χ3v) is 3.75. The van der Waals surface area contributed by atoms with Crippen LogP contribution in [0.2, 0.25) is 5.02 Å². The number of benzene rings is 1. The van der Waals surface area contributed by atoms with Gasteiger partial charge in [0.05, 0.1) is 10.6 Å². The van der Waals surface area contributed by atoms with Crippen LogP contribution in [0.5, 0.6) is 5.75 Å². The largest absolute Gasteiger partial charge is 0.491 e. The molecule has 112 valence electrons. The molecule has 4 nitrogen and oxygen atoms in total. The molecule has 0 aliphatic rings. The van der Waals surface area contributed by atoms with Crippen molar-refractivity contribution in [2.24, 2.45) is 0 Å². The Balaban J connectivity index is 1.97. The molecule has 21 heavy (non-hydrogen) atoms. The van der Waals surface area contributed by atoms with Crippen molar-refractivity contribution in [3.05, 3.63) is 45.6 Å². The van der Waals surface area contributed by atoms with Crippen LogP contribution in [-0.2, 0) is 0 Å². The van der Waals surface area contributed by atoms with Crippen LogP contribution in [0.4, 0.5) is 5.69 Å². The summed E-state index contributed by atoms with van der Waals surface area (Å²) in [5.74, 6) is 0.473. The summed E-state index contributed by atoms with van der Waals surface area (Å²) in [7, 11) is 3.96. The molecule has 2 rings (SSSR count). The first-order valence-corrected chi connectivity index (χ1v) is 7.79. The maximum atomic E-state index is 11.9. The number of carbonyl (C=O) groups excluding carboxylic acids is 1. The van der Waals surface area contributed by atoms with Crippen LogP contribution in [0.15, 0.2) is 35.0 Å². The highest BCUT2D eigenvalue weighted by Crippen LogP contribution is 2.28. The number of nitrogens with zero attached hydrogens (tertiary/aromatic N) is 1. The molecule has 1 aromatic carbocycles. The summed E-state index contributed by atoms with van der Waals surface area (Å²) in [5, 5.41) is 6.96. The number of carbonyl (C=O) groups is 1. The fraction of sp³-hybridized carbons (Fsp3) is 0.267. The summed E-state index contributed by atoms with van der Waals surface area (Å²) in [5.41, 5.74) is 1.29. The molecule has 0 aliphatic heterocycles. The van der Waals surface area contributed by atoms with Crippen molar-refractivity contribution >= 4 is 34.5 Å². The highest BCUT2D eigenvalue weighted by molar-refractivity contribution is 7.08. The summed E-state index contributed by atoms with van der Waals surface area (Å²) in [4.78, 5) is 14.0. The van der Waals surface area contributed by atoms with E-state index in [0.717, 1.165) is 6.54 Å². The van der Waals surface area contributed by atoms with Crippen LogP contribution in [0.25, 0.3) is 0 Å². The molecule has 0 spiro atoms. The number of hydrogen-bond acceptors (Lipinski definition) is 4. The summed E-state index contributed by atoms with van der Waals surface area (Å²) in [6.07, 6.45) is 0. The Morgan fingerprint density at radius 1 is 1.38 bits per heavy atom. The molecule has 0 saturated carbocycles. The third kappa shape index (κ3) is 4.74. The summed E-state index contributed by atoms with van der Waals surface area (Å²) >= 11 is 7.65. The SMILES string of the molecule is CN(C)CCOc1ccc(NC(=O)c2ccsc2)cc1Cl. The monoisotopic (exact) mass is 324 g/mol. The van der Waals surface area contributed by atoms with Crippen LogP contribution in [0, 0.1) is 0 Å². The van der Waals surface area contributed by atoms with Gasteiger partial charge in [0.2, 0.25) is 0 Å². The Hall–Kier alpha value is -1.56. The predicted octanol–water partition coefficient (Wildman–Crippen LogP) is 3.59. The highest BCUT2D eigenvalue weighted by Gasteiger charge is 2.08. The number of anilines is 1. The van der Waals surface area contributed by atoms with Crippen LogP contribution >= 0.6 is 22.9 Å². The maximum Gasteiger partial charge on any atom is 0.256 e. The zero-order chi connectivity index (χ0) is 15.2. The third-order valence-electron chi connectivity index (χ3n) is 2.77. The Bertz CT molecular complexity index is 600. The highest BCUT2D eigenvalue weighted by atomic mass is 35.5. The van der Waals surface area contributed by atoms with Crippen LogP contribution in [0.3, 0.4) is 0 Å². The van der Waals surface area contributed by atoms with Crippen molar-refractivity contribution in [3.63, 3.8) is 0 Å². The zero-order valence-electron chi connectivity index (χ0n) is 11.9. The van der Waals surface area contributed by atoms with E-state index in [0.29, 0.717) is 28.6 Å². The Kier molecular flexibility index (Phi) is 5.61. The molecule has 6 heteroatoms. The van der Waals surface area contributed by atoms with Gasteiger partial charge in [-0.3, -0.25) is 4.79 Å². The Labute approximate surface area is 133 Å². The van der Waals surface area contributed by atoms with E-state index in [2.05, 4.69) is 5.32 Å². The second-order valence-corrected chi connectivity index (χ2v) is 5.95. The summed E-state index contributed by atoms with van der Waals surface area (Å²) in [6.45, 7) is 1.38. The molecular formula is C15H17ClN2O2S. The number of hydrogen-bond donors (Lipinski definition) is 1. The van der Waals surface area contributed by atoms with Gasteiger partial charge < -0.3 is 15.0 Å². The lowest BCUT2D eigenvalue weighted by molar-refractivity contribution is 0.102. The number of thiophene rings is 1. The average molecular weight is 325 g/mol. The van der Waals surface area contributed by atoms with E-state index >= 15 is 0 Å². The van der Waals surface area contributed by atoms with Gasteiger partial charge in [-0.1, -0.05) is 11.6 Å². The lowest BCUT2D eigenvalue weighted by Gasteiger charge is -2.13. The van der Waals surface area contributed by atoms with Crippen LogP contribution < -0.4 is 10.1 Å². The molecule has 0 bridgehead atoms. The number of ether oxygens (including phenoxy) is 1. The fourth-order valence-corrected chi connectivity index (χ4v) is 2.50. The molecule has 2 aromatic rings. The van der Waals surface area contributed by atoms with Gasteiger partial charge in [0, 0.05) is 17.6 Å². The van der Waals surface area contributed by atoms with E-state index in [1.165, 1.54) is 11.3 Å².